The fourth-order valence-electron chi connectivity index (χ4n) is 3.06. The average molecular weight is 434 g/mol. The van der Waals surface area contributed by atoms with Crippen LogP contribution < -0.4 is 4.90 Å². The monoisotopic (exact) mass is 434 g/mol. The Morgan fingerprint density at radius 3 is 1.87 bits per heavy atom. The van der Waals surface area contributed by atoms with E-state index in [1.54, 1.807) is 12.1 Å². The Morgan fingerprint density at radius 2 is 1.45 bits per heavy atom. The van der Waals surface area contributed by atoms with Gasteiger partial charge in [0.15, 0.2) is 12.2 Å². The third kappa shape index (κ3) is 5.05. The van der Waals surface area contributed by atoms with Crippen molar-refractivity contribution >= 4 is 17.8 Å². The number of amides is 1. The van der Waals surface area contributed by atoms with Crippen molar-refractivity contribution in [2.45, 2.75) is 64.6 Å². The number of phenols is 1. The molecule has 1 amide bonds. The van der Waals surface area contributed by atoms with Gasteiger partial charge in [0.2, 0.25) is 5.88 Å². The summed E-state index contributed by atoms with van der Waals surface area (Å²) in [6.07, 6.45) is -4.43. The van der Waals surface area contributed by atoms with Crippen molar-refractivity contribution in [3.05, 3.63) is 29.3 Å². The summed E-state index contributed by atoms with van der Waals surface area (Å²) >= 11 is 0. The Labute approximate surface area is 180 Å². The Hall–Kier alpha value is -2.91. The van der Waals surface area contributed by atoms with Crippen LogP contribution in [0.2, 0.25) is 0 Å². The normalized spacial score (nSPS) is 14.2. The largest absolute Gasteiger partial charge is 0.507 e. The number of benzene rings is 1. The third-order valence-electron chi connectivity index (χ3n) is 4.99. The number of rotatable bonds is 5. The first-order chi connectivity index (χ1) is 14.1. The first kappa shape index (κ1) is 24.4. The zero-order chi connectivity index (χ0) is 23.9. The van der Waals surface area contributed by atoms with Gasteiger partial charge in [0.05, 0.1) is 0 Å². The highest BCUT2D eigenvalue weighted by Gasteiger charge is 2.34. The fraction of sp³-hybridized carbons (Fsp3) is 0.500. The quantitative estimate of drug-likeness (QED) is 0.561. The molecule has 9 heteroatoms. The number of aliphatic carboxylic acids is 1. The summed E-state index contributed by atoms with van der Waals surface area (Å²) in [5.74, 6) is -2.61. The Bertz CT molecular complexity index is 947. The van der Waals surface area contributed by atoms with Gasteiger partial charge in [-0.2, -0.15) is 0 Å². The lowest BCUT2D eigenvalue weighted by Crippen LogP contribution is -2.46. The van der Waals surface area contributed by atoms with Gasteiger partial charge in [0.1, 0.15) is 11.4 Å². The highest BCUT2D eigenvalue weighted by molar-refractivity contribution is 5.98. The van der Waals surface area contributed by atoms with Crippen LogP contribution in [0.5, 0.6) is 5.75 Å². The Morgan fingerprint density at radius 1 is 0.968 bits per heavy atom. The van der Waals surface area contributed by atoms with Crippen LogP contribution in [0.15, 0.2) is 22.7 Å². The summed E-state index contributed by atoms with van der Waals surface area (Å²) < 4.78 is 5.23. The van der Waals surface area contributed by atoms with Gasteiger partial charge in [-0.15, -0.1) is 0 Å². The number of nitrogens with zero attached hydrogens (tertiary/aromatic N) is 2. The molecule has 4 N–H and O–H groups in total. The van der Waals surface area contributed by atoms with Crippen LogP contribution in [-0.4, -0.2) is 56.7 Å². The van der Waals surface area contributed by atoms with Crippen molar-refractivity contribution in [3.63, 3.8) is 0 Å². The standard InChI is InChI=1S/C22H30N2O7/c1-21(2,3)12-8-11(9-13(16(12)25)22(4,5)6)14-10-15(31-23-14)24(7)19(28)17(26)18(27)20(29)30/h8-10,17-18,25-27H,1-7H3,(H,29,30)/t17-,18-/m1/s1. The number of hydrogen-bond acceptors (Lipinski definition) is 7. The lowest BCUT2D eigenvalue weighted by molar-refractivity contribution is -0.157. The van der Waals surface area contributed by atoms with Crippen molar-refractivity contribution in [1.82, 2.24) is 5.16 Å². The second-order valence-electron chi connectivity index (χ2n) is 9.60. The molecule has 2 aromatic rings. The molecule has 0 saturated heterocycles. The second kappa shape index (κ2) is 8.32. The maximum Gasteiger partial charge on any atom is 0.335 e. The number of aromatic hydroxyl groups is 1. The van der Waals surface area contributed by atoms with Crippen LogP contribution in [0.1, 0.15) is 52.7 Å². The van der Waals surface area contributed by atoms with Gasteiger partial charge in [-0.1, -0.05) is 46.7 Å². The van der Waals surface area contributed by atoms with Crippen LogP contribution in [0.25, 0.3) is 11.3 Å². The number of carboxylic acid groups (broad SMARTS) is 1. The highest BCUT2D eigenvalue weighted by Crippen LogP contribution is 2.42. The third-order valence-corrected chi connectivity index (χ3v) is 4.99. The topological polar surface area (TPSA) is 144 Å². The number of aromatic nitrogens is 1. The number of anilines is 1. The molecule has 0 aliphatic rings. The molecule has 0 unspecified atom stereocenters. The molecule has 31 heavy (non-hydrogen) atoms. The first-order valence-electron chi connectivity index (χ1n) is 9.77. The van der Waals surface area contributed by atoms with E-state index >= 15 is 0 Å². The van der Waals surface area contributed by atoms with Crippen LogP contribution in [0.4, 0.5) is 5.88 Å². The predicted molar refractivity (Wildman–Crippen MR) is 114 cm³/mol. The van der Waals surface area contributed by atoms with Crippen molar-refractivity contribution in [3.8, 4) is 17.0 Å². The molecule has 1 aromatic carbocycles. The first-order valence-corrected chi connectivity index (χ1v) is 9.77. The number of carbonyl (C=O) groups is 2. The molecular formula is C22H30N2O7. The van der Waals surface area contributed by atoms with Crippen molar-refractivity contribution in [2.24, 2.45) is 0 Å². The lowest BCUT2D eigenvalue weighted by atomic mass is 9.78. The van der Waals surface area contributed by atoms with E-state index in [1.807, 2.05) is 41.5 Å². The smallest absolute Gasteiger partial charge is 0.335 e. The number of aliphatic hydroxyl groups is 2. The van der Waals surface area contributed by atoms with Gasteiger partial charge in [0, 0.05) is 29.8 Å². The van der Waals surface area contributed by atoms with Gasteiger partial charge in [0.25, 0.3) is 5.91 Å². The number of aliphatic hydroxyl groups excluding tert-OH is 2. The van der Waals surface area contributed by atoms with Crippen LogP contribution in [0, 0.1) is 0 Å². The van der Waals surface area contributed by atoms with E-state index in [0.717, 1.165) is 16.0 Å². The van der Waals surface area contributed by atoms with Crippen molar-refractivity contribution in [2.75, 3.05) is 11.9 Å². The van der Waals surface area contributed by atoms with Gasteiger partial charge >= 0.3 is 5.97 Å². The molecule has 0 fully saturated rings. The van der Waals surface area contributed by atoms with E-state index in [9.17, 15) is 24.9 Å². The van der Waals surface area contributed by atoms with Gasteiger partial charge < -0.3 is 24.9 Å². The van der Waals surface area contributed by atoms with Gasteiger partial charge in [-0.3, -0.25) is 9.69 Å². The van der Waals surface area contributed by atoms with E-state index in [4.69, 9.17) is 9.63 Å². The summed E-state index contributed by atoms with van der Waals surface area (Å²) in [5, 5.41) is 42.8. The van der Waals surface area contributed by atoms with Gasteiger partial charge in [-0.25, -0.2) is 4.79 Å². The second-order valence-corrected chi connectivity index (χ2v) is 9.60. The van der Waals surface area contributed by atoms with E-state index in [1.165, 1.54) is 13.1 Å². The molecule has 0 saturated carbocycles. The predicted octanol–water partition coefficient (Wildman–Crippen LogP) is 2.41. The number of phenolic OH excluding ortho intramolecular Hbond substituents is 1. The molecule has 2 atom stereocenters. The summed E-state index contributed by atoms with van der Waals surface area (Å²) in [5.41, 5.74) is 1.80. The van der Waals surface area contributed by atoms with Crippen molar-refractivity contribution in [1.29, 1.82) is 0 Å². The molecule has 9 nitrogen and oxygen atoms in total. The Balaban J connectivity index is 2.48. The highest BCUT2D eigenvalue weighted by atomic mass is 16.5. The fourth-order valence-corrected chi connectivity index (χ4v) is 3.06. The number of carbonyl (C=O) groups excluding carboxylic acids is 1. The molecule has 170 valence electrons. The molecule has 0 bridgehead atoms. The van der Waals surface area contributed by atoms with Crippen LogP contribution in [0.3, 0.4) is 0 Å². The maximum absolute atomic E-state index is 12.3. The van der Waals surface area contributed by atoms with E-state index in [2.05, 4.69) is 5.16 Å². The minimum atomic E-state index is -2.27. The zero-order valence-electron chi connectivity index (χ0n) is 18.8. The Kier molecular flexibility index (Phi) is 6.53. The zero-order valence-corrected chi connectivity index (χ0v) is 18.8. The molecule has 0 aliphatic carbocycles. The number of carboxylic acids is 1. The summed E-state index contributed by atoms with van der Waals surface area (Å²) in [6, 6.07) is 5.07. The maximum atomic E-state index is 12.3. The minimum Gasteiger partial charge on any atom is -0.507 e. The average Bonchev–Trinajstić information content (AvgIpc) is 3.13. The molecule has 0 spiro atoms. The minimum absolute atomic E-state index is 0.0423. The SMILES string of the molecule is CN(C(=O)[C@H](O)[C@@H](O)C(=O)O)c1cc(-c2cc(C(C)(C)C)c(O)c(C(C)(C)C)c2)no1. The van der Waals surface area contributed by atoms with Crippen LogP contribution >= 0.6 is 0 Å². The van der Waals surface area contributed by atoms with Gasteiger partial charge in [-0.05, 0) is 23.0 Å². The summed E-state index contributed by atoms with van der Waals surface area (Å²) in [7, 11) is 1.27. The molecule has 1 heterocycles. The van der Waals surface area contributed by atoms with E-state index in [0.29, 0.717) is 11.3 Å². The van der Waals surface area contributed by atoms with Crippen LogP contribution in [-0.2, 0) is 20.4 Å². The molecule has 0 aliphatic heterocycles. The summed E-state index contributed by atoms with van der Waals surface area (Å²) in [6.45, 7) is 11.9. The van der Waals surface area contributed by atoms with E-state index < -0.39 is 24.1 Å². The summed E-state index contributed by atoms with van der Waals surface area (Å²) in [4.78, 5) is 24.0. The molecule has 2 rings (SSSR count). The van der Waals surface area contributed by atoms with Crippen molar-refractivity contribution < 1.29 is 34.5 Å². The molecule has 0 radical (unpaired) electrons. The number of likely N-dealkylation sites (N-methyl/N-ethyl adjacent to an activating group) is 1. The molecule has 1 aromatic heterocycles. The van der Waals surface area contributed by atoms with E-state index in [-0.39, 0.29) is 22.5 Å². The molecular weight excluding hydrogens is 404 g/mol. The number of hydrogen-bond donors (Lipinski definition) is 4. The lowest BCUT2D eigenvalue weighted by Gasteiger charge is -2.28.